The van der Waals surface area contributed by atoms with Crippen LogP contribution in [0.25, 0.3) is 75.0 Å². The number of allylic oxidation sites excluding steroid dienone is 1. The van der Waals surface area contributed by atoms with E-state index < -0.39 is 47.9 Å². The van der Waals surface area contributed by atoms with E-state index in [1.165, 1.54) is 67.0 Å². The van der Waals surface area contributed by atoms with Crippen LogP contribution in [0.1, 0.15) is 90.9 Å². The Morgan fingerprint density at radius 2 is 1.04 bits per heavy atom. The molecule has 0 radical (unpaired) electrons. The molecule has 4 unspecified atom stereocenters. The fraction of sp³-hybridized carbons (Fsp3) is 0.183. The predicted molar refractivity (Wildman–Crippen MR) is 328 cm³/mol. The second kappa shape index (κ2) is 19.0. The third kappa shape index (κ3) is 7.48. The van der Waals surface area contributed by atoms with E-state index in [-0.39, 0.29) is 28.2 Å². The lowest BCUT2D eigenvalue weighted by Crippen LogP contribution is -2.32. The molecule has 4 atom stereocenters. The standard InChI is InChI=1S/C71H53F4N3O2S2/c1-71(2)47-20-6-3-17-41(47)42-32-31-40(37-48(42)71)76-57-39-46(60-34-36-64(80-60)78(55-27-13-9-23-51(55)74)56-28-14-10-24-52(56)75)69-66(44-19-5-16-30-62(44)81-69)67(57)68-58(76)38-45(65-43-18-4-15-29-61(43)82-70(65)68)59-33-35-63(79-59)77(53-25-11-7-21-49(53)72)54-26-12-8-22-50(54)73/h3,5-17,19-32,37-39,59-60,63-64H,4,18,33-36H2,1-2H3. The summed E-state index contributed by atoms with van der Waals surface area (Å²) < 4.78 is 84.6. The molecule has 12 aromatic rings. The van der Waals surface area contributed by atoms with E-state index in [0.717, 1.165) is 71.6 Å². The summed E-state index contributed by atoms with van der Waals surface area (Å²) in [6.45, 7) is 4.63. The van der Waals surface area contributed by atoms with Gasteiger partial charge in [0.1, 0.15) is 35.7 Å². The van der Waals surface area contributed by atoms with Gasteiger partial charge in [-0.2, -0.15) is 0 Å². The van der Waals surface area contributed by atoms with Gasteiger partial charge in [-0.25, -0.2) is 17.6 Å². The largest absolute Gasteiger partial charge is 0.350 e. The molecule has 2 fully saturated rings. The van der Waals surface area contributed by atoms with E-state index in [9.17, 15) is 0 Å². The lowest BCUT2D eigenvalue weighted by molar-refractivity contribution is 0.0488. The fourth-order valence-electron chi connectivity index (χ4n) is 14.2. The average Bonchev–Trinajstić information content (AvgIpc) is 2.82. The molecule has 2 aliphatic carbocycles. The minimum absolute atomic E-state index is 0.251. The SMILES string of the molecule is CC1(C)c2ccccc2-c2ccc(-n3c4cc(C5CCC(N(c6ccccc6F)c6ccccc6F)O5)c5c6c(sc5c4c4c5c(sc7ccccc75)c(C5CCC(N(c7ccccc7F)c7ccccc7F)O5)cc43)C=CCC6)cc21. The molecule has 82 heavy (non-hydrogen) atoms. The monoisotopic (exact) mass is 1120 g/mol. The highest BCUT2D eigenvalue weighted by atomic mass is 32.1. The molecule has 3 aromatic heterocycles. The van der Waals surface area contributed by atoms with Crippen LogP contribution < -0.4 is 9.80 Å². The molecule has 404 valence electrons. The van der Waals surface area contributed by atoms with E-state index in [1.807, 2.05) is 11.3 Å². The van der Waals surface area contributed by atoms with Gasteiger partial charge in [0.2, 0.25) is 0 Å². The maximum absolute atomic E-state index is 16.0. The normalized spacial score (nSPS) is 19.0. The van der Waals surface area contributed by atoms with Crippen molar-refractivity contribution in [2.24, 2.45) is 0 Å². The van der Waals surface area contributed by atoms with Gasteiger partial charge in [-0.15, -0.1) is 22.7 Å². The fourth-order valence-corrected chi connectivity index (χ4v) is 16.8. The number of halogens is 4. The molecule has 0 amide bonds. The molecule has 5 nitrogen and oxygen atoms in total. The molecule has 2 saturated heterocycles. The van der Waals surface area contributed by atoms with E-state index in [0.29, 0.717) is 25.7 Å². The van der Waals surface area contributed by atoms with Gasteiger partial charge in [-0.3, -0.25) is 0 Å². The molecule has 11 heteroatoms. The van der Waals surface area contributed by atoms with Crippen molar-refractivity contribution >= 4 is 104 Å². The van der Waals surface area contributed by atoms with Crippen LogP contribution in [-0.2, 0) is 21.3 Å². The molecule has 9 aromatic carbocycles. The number of ether oxygens (including phenoxy) is 2. The van der Waals surface area contributed by atoms with Gasteiger partial charge in [0.15, 0.2) is 0 Å². The zero-order valence-corrected chi connectivity index (χ0v) is 46.6. The minimum Gasteiger partial charge on any atom is -0.350 e. The quantitative estimate of drug-likeness (QED) is 0.135. The van der Waals surface area contributed by atoms with Gasteiger partial charge >= 0.3 is 0 Å². The summed E-state index contributed by atoms with van der Waals surface area (Å²) in [4.78, 5) is 4.62. The van der Waals surface area contributed by atoms with Gasteiger partial charge in [0, 0.05) is 62.6 Å². The molecular weight excluding hydrogens is 1070 g/mol. The molecule has 0 bridgehead atoms. The number of thiophene rings is 2. The molecule has 4 aliphatic rings. The summed E-state index contributed by atoms with van der Waals surface area (Å²) >= 11 is 3.60. The maximum atomic E-state index is 16.0. The van der Waals surface area contributed by atoms with Crippen LogP contribution in [0.5, 0.6) is 0 Å². The minimum atomic E-state index is -0.680. The summed E-state index contributed by atoms with van der Waals surface area (Å²) in [5, 5.41) is 5.80. The lowest BCUT2D eigenvalue weighted by Gasteiger charge is -2.31. The number of aryl methyl sites for hydroxylation is 1. The number of aromatic nitrogens is 1. The molecule has 0 N–H and O–H groups in total. The number of para-hydroxylation sites is 4. The summed E-state index contributed by atoms with van der Waals surface area (Å²) in [5.74, 6) is -1.83. The van der Waals surface area contributed by atoms with Crippen LogP contribution in [0.4, 0.5) is 40.3 Å². The van der Waals surface area contributed by atoms with Gasteiger partial charge < -0.3 is 23.8 Å². The van der Waals surface area contributed by atoms with Gasteiger partial charge in [0.25, 0.3) is 0 Å². The van der Waals surface area contributed by atoms with Crippen LogP contribution in [0.2, 0.25) is 0 Å². The first-order valence-electron chi connectivity index (χ1n) is 28.3. The average molecular weight is 1120 g/mol. The third-order valence-corrected chi connectivity index (χ3v) is 20.3. The molecule has 0 spiro atoms. The van der Waals surface area contributed by atoms with Crippen molar-refractivity contribution in [3.63, 3.8) is 0 Å². The first-order valence-corrected chi connectivity index (χ1v) is 29.9. The molecule has 16 rings (SSSR count). The Kier molecular flexibility index (Phi) is 11.5. The smallest absolute Gasteiger partial charge is 0.146 e. The van der Waals surface area contributed by atoms with Crippen LogP contribution >= 0.6 is 22.7 Å². The summed E-state index contributed by atoms with van der Waals surface area (Å²) in [6, 6.07) is 55.2. The Balaban J connectivity index is 0.954. The highest BCUT2D eigenvalue weighted by Gasteiger charge is 2.41. The zero-order chi connectivity index (χ0) is 55.1. The van der Waals surface area contributed by atoms with E-state index in [1.54, 1.807) is 93.9 Å². The van der Waals surface area contributed by atoms with Crippen molar-refractivity contribution in [3.05, 3.63) is 238 Å². The van der Waals surface area contributed by atoms with Gasteiger partial charge in [-0.05, 0) is 157 Å². The second-order valence-electron chi connectivity index (χ2n) is 22.7. The molecule has 0 saturated carbocycles. The van der Waals surface area contributed by atoms with Gasteiger partial charge in [-0.1, -0.05) is 117 Å². The summed E-state index contributed by atoms with van der Waals surface area (Å²) in [7, 11) is 0. The zero-order valence-electron chi connectivity index (χ0n) is 44.9. The van der Waals surface area contributed by atoms with Crippen molar-refractivity contribution in [1.82, 2.24) is 4.57 Å². The number of anilines is 4. The summed E-state index contributed by atoms with van der Waals surface area (Å²) in [6.07, 6.45) is 6.41. The first kappa shape index (κ1) is 49.7. The van der Waals surface area contributed by atoms with Crippen molar-refractivity contribution in [3.8, 4) is 16.8 Å². The Morgan fingerprint density at radius 1 is 0.500 bits per heavy atom. The Hall–Kier alpha value is -8.06. The first-order chi connectivity index (χ1) is 40.1. The van der Waals surface area contributed by atoms with Crippen LogP contribution in [0.3, 0.4) is 0 Å². The van der Waals surface area contributed by atoms with Gasteiger partial charge in [0.05, 0.1) is 46.0 Å². The Labute approximate surface area is 479 Å². The van der Waals surface area contributed by atoms with Crippen LogP contribution in [-0.4, -0.2) is 17.0 Å². The topological polar surface area (TPSA) is 29.9 Å². The van der Waals surface area contributed by atoms with E-state index >= 15 is 17.6 Å². The number of benzene rings is 9. The molecule has 2 aliphatic heterocycles. The van der Waals surface area contributed by atoms with E-state index in [4.69, 9.17) is 9.47 Å². The second-order valence-corrected chi connectivity index (χ2v) is 24.8. The van der Waals surface area contributed by atoms with E-state index in [2.05, 4.69) is 109 Å². The lowest BCUT2D eigenvalue weighted by atomic mass is 9.82. The Bertz CT molecular complexity index is 4560. The Morgan fingerprint density at radius 3 is 1.67 bits per heavy atom. The van der Waals surface area contributed by atoms with Crippen LogP contribution in [0, 0.1) is 23.3 Å². The predicted octanol–water partition coefficient (Wildman–Crippen LogP) is 20.2. The molecular formula is C71H53F4N3O2S2. The third-order valence-electron chi connectivity index (χ3n) is 17.9. The number of hydrogen-bond acceptors (Lipinski definition) is 6. The highest BCUT2D eigenvalue weighted by molar-refractivity contribution is 7.26. The van der Waals surface area contributed by atoms with Crippen molar-refractivity contribution in [2.75, 3.05) is 9.80 Å². The number of hydrogen-bond donors (Lipinski definition) is 0. The maximum Gasteiger partial charge on any atom is 0.146 e. The van der Waals surface area contributed by atoms with Crippen molar-refractivity contribution < 1.29 is 27.0 Å². The molecule has 5 heterocycles. The number of rotatable bonds is 9. The van der Waals surface area contributed by atoms with Crippen molar-refractivity contribution in [2.45, 2.75) is 82.5 Å². The van der Waals surface area contributed by atoms with Crippen LogP contribution in [0.15, 0.2) is 182 Å². The summed E-state index contributed by atoms with van der Waals surface area (Å²) in [5.41, 5.74) is 12.2. The number of fused-ring (bicyclic) bond motifs is 14. The number of nitrogens with zero attached hydrogens (tertiary/aromatic N) is 3. The highest BCUT2D eigenvalue weighted by Crippen LogP contribution is 2.56. The van der Waals surface area contributed by atoms with Crippen molar-refractivity contribution in [1.29, 1.82) is 0 Å².